The molecule has 0 fully saturated rings. The number of Topliss-reactive ketones (excluding diaryl/α,β-unsaturated/α-hetero) is 1. The maximum Gasteiger partial charge on any atom is 0.130 e. The van der Waals surface area contributed by atoms with Crippen LogP contribution in [-0.2, 0) is 4.79 Å². The van der Waals surface area contributed by atoms with E-state index in [0.29, 0.717) is 5.92 Å². The van der Waals surface area contributed by atoms with Crippen molar-refractivity contribution in [3.63, 3.8) is 0 Å². The van der Waals surface area contributed by atoms with Gasteiger partial charge in [-0.3, -0.25) is 0 Å². The fourth-order valence-corrected chi connectivity index (χ4v) is 1.11. The number of ketones is 1. The third kappa shape index (κ3) is 45.5. The van der Waals surface area contributed by atoms with Gasteiger partial charge < -0.3 is 15.0 Å². The first-order valence-corrected chi connectivity index (χ1v) is 7.47. The van der Waals surface area contributed by atoms with Crippen molar-refractivity contribution in [2.24, 2.45) is 5.92 Å². The molecule has 124 valence electrons. The zero-order valence-corrected chi connectivity index (χ0v) is 14.8. The fourth-order valence-electron chi connectivity index (χ4n) is 1.11. The predicted molar refractivity (Wildman–Crippen MR) is 91.4 cm³/mol. The van der Waals surface area contributed by atoms with Crippen molar-refractivity contribution in [3.8, 4) is 0 Å². The lowest BCUT2D eigenvalue weighted by Gasteiger charge is -1.95. The van der Waals surface area contributed by atoms with Crippen LogP contribution >= 0.6 is 0 Å². The summed E-state index contributed by atoms with van der Waals surface area (Å²) < 4.78 is 0. The van der Waals surface area contributed by atoms with Gasteiger partial charge in [0, 0.05) is 19.1 Å². The van der Waals surface area contributed by atoms with Crippen LogP contribution in [0.4, 0.5) is 0 Å². The number of aliphatic hydroxyl groups is 2. The molecular weight excluding hydrogens is 264 g/mol. The van der Waals surface area contributed by atoms with Crippen LogP contribution in [0.2, 0.25) is 0 Å². The van der Waals surface area contributed by atoms with E-state index in [0.717, 1.165) is 6.42 Å². The van der Waals surface area contributed by atoms with E-state index >= 15 is 0 Å². The molecule has 1 rings (SSSR count). The Labute approximate surface area is 131 Å². The van der Waals surface area contributed by atoms with E-state index in [1.54, 1.807) is 27.7 Å². The first-order chi connectivity index (χ1) is 9.67. The quantitative estimate of drug-likeness (QED) is 0.867. The molecule has 0 unspecified atom stereocenters. The number of aliphatic hydroxyl groups excluding tert-OH is 2. The molecule has 1 aromatic rings. The van der Waals surface area contributed by atoms with Gasteiger partial charge in [0.05, 0.1) is 0 Å². The van der Waals surface area contributed by atoms with Crippen LogP contribution in [0.3, 0.4) is 0 Å². The van der Waals surface area contributed by atoms with Crippen LogP contribution in [-0.4, -0.2) is 28.7 Å². The van der Waals surface area contributed by atoms with E-state index in [1.807, 2.05) is 32.0 Å². The highest BCUT2D eigenvalue weighted by atomic mass is 16.3. The van der Waals surface area contributed by atoms with Crippen molar-refractivity contribution in [1.29, 1.82) is 0 Å². The number of carbonyl (C=O) groups excluding carboxylic acids is 1. The Morgan fingerprint density at radius 2 is 1.43 bits per heavy atom. The zero-order valence-electron chi connectivity index (χ0n) is 14.8. The van der Waals surface area contributed by atoms with E-state index in [2.05, 4.69) is 19.1 Å². The highest BCUT2D eigenvalue weighted by Gasteiger charge is 1.95. The van der Waals surface area contributed by atoms with Gasteiger partial charge in [-0.2, -0.15) is 0 Å². The molecule has 0 amide bonds. The first kappa shape index (κ1) is 24.8. The van der Waals surface area contributed by atoms with Crippen molar-refractivity contribution in [1.82, 2.24) is 0 Å². The van der Waals surface area contributed by atoms with Gasteiger partial charge in [-0.1, -0.05) is 49.7 Å². The van der Waals surface area contributed by atoms with Gasteiger partial charge in [-0.25, -0.2) is 0 Å². The second-order valence-corrected chi connectivity index (χ2v) is 5.36. The monoisotopic (exact) mass is 298 g/mol. The largest absolute Gasteiger partial charge is 0.397 e. The van der Waals surface area contributed by atoms with Crippen LogP contribution in [0, 0.1) is 12.8 Å². The normalized spacial score (nSPS) is 8.71. The van der Waals surface area contributed by atoms with Crippen LogP contribution in [0.25, 0.3) is 0 Å². The highest BCUT2D eigenvalue weighted by molar-refractivity contribution is 5.75. The van der Waals surface area contributed by atoms with Crippen molar-refractivity contribution in [2.45, 2.75) is 61.0 Å². The molecule has 0 saturated heterocycles. The van der Waals surface area contributed by atoms with Crippen molar-refractivity contribution in [3.05, 3.63) is 35.9 Å². The predicted octanol–water partition coefficient (Wildman–Crippen LogP) is 4.00. The lowest BCUT2D eigenvalue weighted by Crippen LogP contribution is -1.95. The highest BCUT2D eigenvalue weighted by Crippen LogP contribution is 1.97. The van der Waals surface area contributed by atoms with Crippen molar-refractivity contribution in [2.75, 3.05) is 6.61 Å². The van der Waals surface area contributed by atoms with Crippen molar-refractivity contribution < 1.29 is 15.0 Å². The number of hydrogen-bond donors (Lipinski definition) is 2. The number of aryl methyl sites for hydroxylation is 1. The molecule has 2 N–H and O–H groups in total. The van der Waals surface area contributed by atoms with Crippen molar-refractivity contribution >= 4 is 5.78 Å². The Balaban J connectivity index is -0.000000219. The SMILES string of the molecule is CC(=O)CC(C)C.CC(C)O.CCO.Cc1ccccc1. The van der Waals surface area contributed by atoms with E-state index in [9.17, 15) is 4.79 Å². The minimum atomic E-state index is -0.167. The molecule has 0 aliphatic carbocycles. The van der Waals surface area contributed by atoms with Gasteiger partial charge in [0.2, 0.25) is 0 Å². The summed E-state index contributed by atoms with van der Waals surface area (Å²) in [6.07, 6.45) is 0.556. The summed E-state index contributed by atoms with van der Waals surface area (Å²) >= 11 is 0. The standard InChI is InChI=1S/C7H8.C6H12O.C3H8O.C2H6O/c1-7-5-3-2-4-6-7;1-5(2)4-6(3)7;1-3(2)4;1-2-3/h2-6H,1H3;5H,4H2,1-3H3;3-4H,1-2H3;3H,2H2,1H3. The van der Waals surface area contributed by atoms with Gasteiger partial charge in [0.1, 0.15) is 5.78 Å². The number of hydrogen-bond acceptors (Lipinski definition) is 3. The second kappa shape index (κ2) is 18.8. The van der Waals surface area contributed by atoms with Gasteiger partial charge in [-0.15, -0.1) is 0 Å². The maximum absolute atomic E-state index is 10.3. The van der Waals surface area contributed by atoms with E-state index in [1.165, 1.54) is 5.56 Å². The van der Waals surface area contributed by atoms with E-state index in [-0.39, 0.29) is 18.5 Å². The van der Waals surface area contributed by atoms with E-state index in [4.69, 9.17) is 10.2 Å². The molecule has 0 saturated carbocycles. The number of carbonyl (C=O) groups is 1. The number of benzene rings is 1. The molecule has 0 atom stereocenters. The molecular formula is C18H34O3. The molecule has 0 heterocycles. The Morgan fingerprint density at radius 3 is 1.52 bits per heavy atom. The molecule has 0 radical (unpaired) electrons. The van der Waals surface area contributed by atoms with E-state index < -0.39 is 0 Å². The summed E-state index contributed by atoms with van der Waals surface area (Å²) in [5.74, 6) is 0.813. The first-order valence-electron chi connectivity index (χ1n) is 7.47. The third-order valence-corrected chi connectivity index (χ3v) is 1.64. The summed E-state index contributed by atoms with van der Waals surface area (Å²) in [5.41, 5.74) is 1.32. The molecule has 0 aliphatic heterocycles. The smallest absolute Gasteiger partial charge is 0.130 e. The molecule has 0 aromatic heterocycles. The molecule has 0 aliphatic rings. The summed E-state index contributed by atoms with van der Waals surface area (Å²) in [5, 5.41) is 15.6. The lowest BCUT2D eigenvalue weighted by molar-refractivity contribution is -0.117. The Kier molecular flexibility index (Phi) is 22.2. The van der Waals surface area contributed by atoms with Gasteiger partial charge in [-0.05, 0) is 40.5 Å². The van der Waals surface area contributed by atoms with Gasteiger partial charge in [0.25, 0.3) is 0 Å². The third-order valence-electron chi connectivity index (χ3n) is 1.64. The molecule has 0 bridgehead atoms. The topological polar surface area (TPSA) is 57.5 Å². The summed E-state index contributed by atoms with van der Waals surface area (Å²) in [6, 6.07) is 10.3. The summed E-state index contributed by atoms with van der Waals surface area (Å²) in [4.78, 5) is 10.3. The van der Waals surface area contributed by atoms with Crippen LogP contribution in [0.1, 0.15) is 53.5 Å². The minimum Gasteiger partial charge on any atom is -0.397 e. The zero-order chi connectivity index (χ0) is 17.3. The maximum atomic E-state index is 10.3. The summed E-state index contributed by atoms with van der Waals surface area (Å²) in [7, 11) is 0. The fraction of sp³-hybridized carbons (Fsp3) is 0.611. The van der Waals surface area contributed by atoms with Crippen LogP contribution in [0.5, 0.6) is 0 Å². The molecule has 3 nitrogen and oxygen atoms in total. The van der Waals surface area contributed by atoms with Crippen LogP contribution in [0.15, 0.2) is 30.3 Å². The Bertz CT molecular complexity index is 303. The molecule has 1 aromatic carbocycles. The molecule has 3 heteroatoms. The van der Waals surface area contributed by atoms with Crippen LogP contribution < -0.4 is 0 Å². The summed E-state index contributed by atoms with van der Waals surface area (Å²) in [6.45, 7) is 13.2. The minimum absolute atomic E-state index is 0.167. The number of rotatable bonds is 2. The second-order valence-electron chi connectivity index (χ2n) is 5.36. The van der Waals surface area contributed by atoms with Gasteiger partial charge in [0.15, 0.2) is 0 Å². The molecule has 0 spiro atoms. The average molecular weight is 298 g/mol. The average Bonchev–Trinajstić information content (AvgIpc) is 2.28. The Morgan fingerprint density at radius 1 is 1.10 bits per heavy atom. The lowest BCUT2D eigenvalue weighted by atomic mass is 10.1. The van der Waals surface area contributed by atoms with Gasteiger partial charge >= 0.3 is 0 Å². The molecule has 21 heavy (non-hydrogen) atoms. The Hall–Kier alpha value is -1.19.